The zero-order valence-corrected chi connectivity index (χ0v) is 18.0. The first-order valence-electron chi connectivity index (χ1n) is 11.4. The lowest BCUT2D eigenvalue weighted by Gasteiger charge is -2.30. The largest absolute Gasteiger partial charge is 0.467 e. The molecule has 0 saturated carbocycles. The van der Waals surface area contributed by atoms with Crippen molar-refractivity contribution in [2.75, 3.05) is 13.1 Å². The molecule has 1 atom stereocenters. The molecule has 1 fully saturated rings. The highest BCUT2D eigenvalue weighted by molar-refractivity contribution is 6.25. The van der Waals surface area contributed by atoms with Crippen molar-refractivity contribution in [2.24, 2.45) is 0 Å². The minimum atomic E-state index is -0.282. The number of hydrogen-bond donors (Lipinski definition) is 0. The Balaban J connectivity index is 1.28. The lowest BCUT2D eigenvalue weighted by atomic mass is 9.94. The number of carbonyl (C=O) groups is 3. The highest BCUT2D eigenvalue weighted by atomic mass is 16.3. The molecular weight excluding hydrogens is 404 g/mol. The van der Waals surface area contributed by atoms with E-state index in [1.807, 2.05) is 41.3 Å². The predicted octanol–water partition coefficient (Wildman–Crippen LogP) is 4.95. The third-order valence-corrected chi connectivity index (χ3v) is 6.57. The molecule has 32 heavy (non-hydrogen) atoms. The summed E-state index contributed by atoms with van der Waals surface area (Å²) in [7, 11) is 0. The van der Waals surface area contributed by atoms with Crippen molar-refractivity contribution >= 4 is 28.5 Å². The minimum Gasteiger partial charge on any atom is -0.467 e. The monoisotopic (exact) mass is 430 g/mol. The van der Waals surface area contributed by atoms with Gasteiger partial charge in [0.1, 0.15) is 5.76 Å². The van der Waals surface area contributed by atoms with Gasteiger partial charge in [-0.1, -0.05) is 37.1 Å². The summed E-state index contributed by atoms with van der Waals surface area (Å²) in [5, 5.41) is 1.62. The van der Waals surface area contributed by atoms with Gasteiger partial charge in [-0.3, -0.25) is 19.3 Å². The molecular formula is C26H26N2O4. The van der Waals surface area contributed by atoms with Crippen molar-refractivity contribution in [3.05, 3.63) is 71.7 Å². The van der Waals surface area contributed by atoms with Crippen LogP contribution in [-0.2, 0) is 4.79 Å². The van der Waals surface area contributed by atoms with Crippen molar-refractivity contribution in [3.8, 4) is 0 Å². The quantitative estimate of drug-likeness (QED) is 0.537. The summed E-state index contributed by atoms with van der Waals surface area (Å²) in [6.07, 6.45) is 6.42. The van der Waals surface area contributed by atoms with E-state index in [0.717, 1.165) is 42.2 Å². The van der Waals surface area contributed by atoms with E-state index >= 15 is 0 Å². The Morgan fingerprint density at radius 2 is 1.69 bits per heavy atom. The van der Waals surface area contributed by atoms with E-state index < -0.39 is 0 Å². The van der Waals surface area contributed by atoms with Crippen LogP contribution in [0.2, 0.25) is 0 Å². The van der Waals surface area contributed by atoms with Crippen LogP contribution in [0.5, 0.6) is 0 Å². The van der Waals surface area contributed by atoms with Gasteiger partial charge in [-0.2, -0.15) is 0 Å². The number of benzene rings is 2. The zero-order chi connectivity index (χ0) is 22.1. The van der Waals surface area contributed by atoms with Gasteiger partial charge in [-0.25, -0.2) is 0 Å². The molecule has 2 aliphatic heterocycles. The summed E-state index contributed by atoms with van der Waals surface area (Å²) < 4.78 is 5.61. The molecule has 2 aliphatic rings. The van der Waals surface area contributed by atoms with Crippen LogP contribution in [0.15, 0.2) is 59.2 Å². The molecule has 0 spiro atoms. The summed E-state index contributed by atoms with van der Waals surface area (Å²) >= 11 is 0. The number of rotatable bonds is 5. The van der Waals surface area contributed by atoms with Gasteiger partial charge in [0.15, 0.2) is 0 Å². The van der Waals surface area contributed by atoms with Gasteiger partial charge in [0.2, 0.25) is 5.91 Å². The maximum atomic E-state index is 13.1. The molecule has 0 aliphatic carbocycles. The molecule has 0 N–H and O–H groups in total. The second-order valence-electron chi connectivity index (χ2n) is 8.54. The van der Waals surface area contributed by atoms with Gasteiger partial charge in [-0.15, -0.1) is 0 Å². The molecule has 0 unspecified atom stereocenters. The SMILES string of the molecule is O=C1c2cccc3cccc(c23)C(=O)N1CCCC(=O)N1CCCCC[C@@H]1c1ccco1. The van der Waals surface area contributed by atoms with E-state index in [1.54, 1.807) is 18.4 Å². The number of amides is 3. The maximum Gasteiger partial charge on any atom is 0.261 e. The topological polar surface area (TPSA) is 70.8 Å². The zero-order valence-electron chi connectivity index (χ0n) is 18.0. The van der Waals surface area contributed by atoms with Crippen molar-refractivity contribution in [3.63, 3.8) is 0 Å². The Morgan fingerprint density at radius 3 is 2.38 bits per heavy atom. The average molecular weight is 431 g/mol. The van der Waals surface area contributed by atoms with Crippen LogP contribution in [0.3, 0.4) is 0 Å². The first kappa shape index (κ1) is 20.5. The lowest BCUT2D eigenvalue weighted by Crippen LogP contribution is -2.41. The Hall–Kier alpha value is -3.41. The van der Waals surface area contributed by atoms with Gasteiger partial charge >= 0.3 is 0 Å². The first-order valence-corrected chi connectivity index (χ1v) is 11.4. The molecule has 1 saturated heterocycles. The Bertz CT molecular complexity index is 1120. The second-order valence-corrected chi connectivity index (χ2v) is 8.54. The Kier molecular flexibility index (Phi) is 5.52. The molecule has 2 aromatic carbocycles. The highest BCUT2D eigenvalue weighted by Gasteiger charge is 2.33. The second kappa shape index (κ2) is 8.61. The van der Waals surface area contributed by atoms with Crippen LogP contribution in [0, 0.1) is 0 Å². The molecule has 3 aromatic rings. The van der Waals surface area contributed by atoms with Gasteiger partial charge in [0, 0.05) is 36.0 Å². The third-order valence-electron chi connectivity index (χ3n) is 6.57. The minimum absolute atomic E-state index is 0.0391. The van der Waals surface area contributed by atoms with E-state index in [0.29, 0.717) is 30.5 Å². The Morgan fingerprint density at radius 1 is 0.938 bits per heavy atom. The molecule has 6 nitrogen and oxygen atoms in total. The van der Waals surface area contributed by atoms with Crippen LogP contribution < -0.4 is 0 Å². The summed E-state index contributed by atoms with van der Waals surface area (Å²) in [6.45, 7) is 0.939. The van der Waals surface area contributed by atoms with Crippen LogP contribution in [0.4, 0.5) is 0 Å². The fourth-order valence-electron chi connectivity index (χ4n) is 5.00. The van der Waals surface area contributed by atoms with Crippen molar-refractivity contribution in [1.29, 1.82) is 0 Å². The number of nitrogens with zero attached hydrogens (tertiary/aromatic N) is 2. The molecule has 0 radical (unpaired) electrons. The van der Waals surface area contributed by atoms with Crippen LogP contribution in [0.25, 0.3) is 10.8 Å². The van der Waals surface area contributed by atoms with Crippen molar-refractivity contribution < 1.29 is 18.8 Å². The summed E-state index contributed by atoms with van der Waals surface area (Å²) in [5.74, 6) is 0.309. The molecule has 6 heteroatoms. The smallest absolute Gasteiger partial charge is 0.261 e. The lowest BCUT2D eigenvalue weighted by molar-refractivity contribution is -0.134. The van der Waals surface area contributed by atoms with E-state index in [1.165, 1.54) is 4.90 Å². The standard InChI is InChI=1S/C26H26N2O4/c29-23(27-15-3-1-2-12-21(27)22-13-7-17-32-22)14-6-16-28-25(30)19-10-4-8-18-9-5-11-20(24(18)19)26(28)31/h4-5,7-11,13,17,21H,1-3,6,12,14-16H2/t21-/m1/s1. The number of likely N-dealkylation sites (tertiary alicyclic amines) is 1. The molecule has 3 amide bonds. The van der Waals surface area contributed by atoms with E-state index in [2.05, 4.69) is 0 Å². The van der Waals surface area contributed by atoms with Crippen LogP contribution >= 0.6 is 0 Å². The third kappa shape index (κ3) is 3.60. The van der Waals surface area contributed by atoms with E-state index in [9.17, 15) is 14.4 Å². The van der Waals surface area contributed by atoms with Gasteiger partial charge in [-0.05, 0) is 48.9 Å². The number of carbonyl (C=O) groups excluding carboxylic acids is 3. The van der Waals surface area contributed by atoms with E-state index in [-0.39, 0.29) is 30.3 Å². The van der Waals surface area contributed by atoms with Crippen molar-refractivity contribution in [1.82, 2.24) is 9.80 Å². The summed E-state index contributed by atoms with van der Waals surface area (Å²) in [5.41, 5.74) is 1.10. The van der Waals surface area contributed by atoms with Gasteiger partial charge in [0.25, 0.3) is 11.8 Å². The molecule has 3 heterocycles. The summed E-state index contributed by atoms with van der Waals surface area (Å²) in [4.78, 5) is 42.4. The molecule has 1 aromatic heterocycles. The number of furan rings is 1. The number of imide groups is 1. The van der Waals surface area contributed by atoms with Crippen LogP contribution in [-0.4, -0.2) is 40.6 Å². The fraction of sp³-hybridized carbons (Fsp3) is 0.346. The average Bonchev–Trinajstić information content (AvgIpc) is 3.23. The van der Waals surface area contributed by atoms with Gasteiger partial charge < -0.3 is 9.32 Å². The maximum absolute atomic E-state index is 13.1. The molecule has 5 rings (SSSR count). The van der Waals surface area contributed by atoms with E-state index in [4.69, 9.17) is 4.42 Å². The normalized spacial score (nSPS) is 18.8. The van der Waals surface area contributed by atoms with Crippen molar-refractivity contribution in [2.45, 2.75) is 44.6 Å². The molecule has 0 bridgehead atoms. The Labute approximate surface area is 186 Å². The molecule has 164 valence electrons. The fourth-order valence-corrected chi connectivity index (χ4v) is 5.00. The summed E-state index contributed by atoms with van der Waals surface area (Å²) in [6, 6.07) is 14.8. The number of hydrogen-bond acceptors (Lipinski definition) is 4. The highest BCUT2D eigenvalue weighted by Crippen LogP contribution is 2.32. The van der Waals surface area contributed by atoms with Crippen LogP contribution in [0.1, 0.15) is 71.0 Å². The first-order chi connectivity index (χ1) is 15.6. The predicted molar refractivity (Wildman–Crippen MR) is 120 cm³/mol. The van der Waals surface area contributed by atoms with Gasteiger partial charge in [0.05, 0.1) is 12.3 Å².